The number of amides is 1. The second-order valence-corrected chi connectivity index (χ2v) is 6.86. The van der Waals surface area contributed by atoms with Crippen LogP contribution in [0.2, 0.25) is 0 Å². The smallest absolute Gasteiger partial charge is 0.219 e. The van der Waals surface area contributed by atoms with E-state index in [2.05, 4.69) is 13.0 Å². The second-order valence-electron chi connectivity index (χ2n) is 6.86. The van der Waals surface area contributed by atoms with Gasteiger partial charge in [0.2, 0.25) is 5.91 Å². The van der Waals surface area contributed by atoms with E-state index in [1.54, 1.807) is 13.2 Å². The predicted octanol–water partition coefficient (Wildman–Crippen LogP) is 3.73. The van der Waals surface area contributed by atoms with Crippen molar-refractivity contribution in [3.05, 3.63) is 35.1 Å². The minimum Gasteiger partial charge on any atom is -0.501 e. The van der Waals surface area contributed by atoms with Crippen LogP contribution in [0, 0.1) is 0 Å². The molecule has 0 aromatic rings. The van der Waals surface area contributed by atoms with E-state index in [0.29, 0.717) is 25.6 Å². The molecule has 2 aliphatic rings. The molecule has 0 aliphatic heterocycles. The van der Waals surface area contributed by atoms with Gasteiger partial charge in [-0.3, -0.25) is 4.79 Å². The molecule has 0 unspecified atom stereocenters. The fourth-order valence-corrected chi connectivity index (χ4v) is 3.08. The first-order chi connectivity index (χ1) is 11.6. The maximum Gasteiger partial charge on any atom is 0.219 e. The first-order valence-corrected chi connectivity index (χ1v) is 9.17. The number of rotatable bonds is 9. The molecule has 0 radical (unpaired) electrons. The molecule has 1 fully saturated rings. The van der Waals surface area contributed by atoms with E-state index < -0.39 is 0 Å². The summed E-state index contributed by atoms with van der Waals surface area (Å²) in [7, 11) is 0. The van der Waals surface area contributed by atoms with Gasteiger partial charge in [0.25, 0.3) is 0 Å². The number of aliphatic hydroxyl groups excluding tert-OH is 1. The van der Waals surface area contributed by atoms with Gasteiger partial charge in [-0.25, -0.2) is 0 Å². The lowest BCUT2D eigenvalue weighted by Gasteiger charge is -2.22. The van der Waals surface area contributed by atoms with Gasteiger partial charge in [0.05, 0.1) is 12.9 Å². The van der Waals surface area contributed by atoms with Gasteiger partial charge < -0.3 is 14.7 Å². The van der Waals surface area contributed by atoms with Crippen molar-refractivity contribution in [3.63, 3.8) is 0 Å². The zero-order valence-electron chi connectivity index (χ0n) is 15.1. The van der Waals surface area contributed by atoms with Crippen LogP contribution in [-0.2, 0) is 9.53 Å². The number of carbonyl (C=O) groups excluding carboxylic acids is 1. The molecule has 24 heavy (non-hydrogen) atoms. The molecule has 0 aromatic heterocycles. The number of carbonyl (C=O) groups is 1. The maximum atomic E-state index is 11.9. The van der Waals surface area contributed by atoms with Crippen molar-refractivity contribution in [2.75, 3.05) is 19.8 Å². The van der Waals surface area contributed by atoms with E-state index in [1.165, 1.54) is 30.4 Å². The van der Waals surface area contributed by atoms with E-state index in [-0.39, 0.29) is 12.5 Å². The number of ether oxygens (including phenoxy) is 1. The summed E-state index contributed by atoms with van der Waals surface area (Å²) in [5.74, 6) is 0.146. The lowest BCUT2D eigenvalue weighted by atomic mass is 9.91. The molecule has 0 heterocycles. The van der Waals surface area contributed by atoms with Gasteiger partial charge >= 0.3 is 0 Å². The summed E-state index contributed by atoms with van der Waals surface area (Å²) in [5, 5.41) is 8.80. The van der Waals surface area contributed by atoms with Gasteiger partial charge in [0.1, 0.15) is 0 Å². The lowest BCUT2D eigenvalue weighted by Crippen LogP contribution is -2.32. The summed E-state index contributed by atoms with van der Waals surface area (Å²) < 4.78 is 5.44. The summed E-state index contributed by atoms with van der Waals surface area (Å²) >= 11 is 0. The molecular weight excluding hydrogens is 302 g/mol. The van der Waals surface area contributed by atoms with Gasteiger partial charge in [-0.05, 0) is 62.7 Å². The van der Waals surface area contributed by atoms with Crippen molar-refractivity contribution >= 4 is 5.91 Å². The molecule has 0 bridgehead atoms. The van der Waals surface area contributed by atoms with Crippen molar-refractivity contribution < 1.29 is 14.6 Å². The molecule has 0 aromatic carbocycles. The SMILES string of the molecule is CC(=O)N(CC(/C=C/OCCCO)=C/C1=C(C)CCCC1)C1CC1. The van der Waals surface area contributed by atoms with E-state index in [0.717, 1.165) is 24.8 Å². The van der Waals surface area contributed by atoms with Crippen molar-refractivity contribution in [1.82, 2.24) is 4.90 Å². The minimum absolute atomic E-state index is 0.141. The first-order valence-electron chi connectivity index (χ1n) is 9.17. The van der Waals surface area contributed by atoms with E-state index in [4.69, 9.17) is 9.84 Å². The van der Waals surface area contributed by atoms with Gasteiger partial charge in [0, 0.05) is 32.5 Å². The predicted molar refractivity (Wildman–Crippen MR) is 96.5 cm³/mol. The second kappa shape index (κ2) is 9.67. The van der Waals surface area contributed by atoms with Crippen LogP contribution in [0.15, 0.2) is 35.1 Å². The highest BCUT2D eigenvalue weighted by Crippen LogP contribution is 2.29. The minimum atomic E-state index is 0.141. The van der Waals surface area contributed by atoms with Crippen molar-refractivity contribution in [2.45, 2.75) is 64.8 Å². The Bertz CT molecular complexity index is 515. The normalized spacial score (nSPS) is 19.0. The number of allylic oxidation sites excluding steroid dienone is 3. The number of nitrogens with zero attached hydrogens (tertiary/aromatic N) is 1. The van der Waals surface area contributed by atoms with Crippen LogP contribution < -0.4 is 0 Å². The highest BCUT2D eigenvalue weighted by molar-refractivity contribution is 5.74. The van der Waals surface area contributed by atoms with Crippen LogP contribution >= 0.6 is 0 Å². The van der Waals surface area contributed by atoms with Crippen LogP contribution in [0.3, 0.4) is 0 Å². The molecule has 1 amide bonds. The van der Waals surface area contributed by atoms with Gasteiger partial charge in [0.15, 0.2) is 0 Å². The number of aliphatic hydroxyl groups is 1. The molecular formula is C20H31NO3. The quantitative estimate of drug-likeness (QED) is 0.397. The lowest BCUT2D eigenvalue weighted by molar-refractivity contribution is -0.128. The molecule has 0 saturated heterocycles. The Morgan fingerprint density at radius 1 is 1.33 bits per heavy atom. The standard InChI is InChI=1S/C20H31NO3/c1-16-6-3-4-7-19(16)14-18(10-13-24-12-5-11-22)15-21(17(2)23)20-8-9-20/h10,13-14,20,22H,3-9,11-12,15H2,1-2H3/b13-10+,18-14+. The van der Waals surface area contributed by atoms with Crippen molar-refractivity contribution in [1.29, 1.82) is 0 Å². The molecule has 1 N–H and O–H groups in total. The highest BCUT2D eigenvalue weighted by atomic mass is 16.5. The number of hydrogen-bond donors (Lipinski definition) is 1. The molecule has 2 rings (SSSR count). The third kappa shape index (κ3) is 6.16. The average Bonchev–Trinajstić information content (AvgIpc) is 3.38. The highest BCUT2D eigenvalue weighted by Gasteiger charge is 2.30. The van der Waals surface area contributed by atoms with Crippen LogP contribution in [0.4, 0.5) is 0 Å². The summed E-state index contributed by atoms with van der Waals surface area (Å²) in [6, 6.07) is 0.413. The molecule has 134 valence electrons. The van der Waals surface area contributed by atoms with E-state index >= 15 is 0 Å². The Morgan fingerprint density at radius 3 is 2.71 bits per heavy atom. The summed E-state index contributed by atoms with van der Waals surface area (Å²) in [5.41, 5.74) is 4.00. The van der Waals surface area contributed by atoms with Crippen LogP contribution in [-0.4, -0.2) is 41.7 Å². The van der Waals surface area contributed by atoms with Crippen LogP contribution in [0.25, 0.3) is 0 Å². The Hall–Kier alpha value is -1.55. The molecule has 4 nitrogen and oxygen atoms in total. The average molecular weight is 333 g/mol. The zero-order valence-corrected chi connectivity index (χ0v) is 15.1. The van der Waals surface area contributed by atoms with E-state index in [9.17, 15) is 4.79 Å². The third-order valence-electron chi connectivity index (χ3n) is 4.70. The fourth-order valence-electron chi connectivity index (χ4n) is 3.08. The third-order valence-corrected chi connectivity index (χ3v) is 4.70. The Kier molecular flexibility index (Phi) is 7.57. The molecule has 0 spiro atoms. The molecule has 1 saturated carbocycles. The topological polar surface area (TPSA) is 49.8 Å². The van der Waals surface area contributed by atoms with Gasteiger partial charge in [-0.2, -0.15) is 0 Å². The summed E-state index contributed by atoms with van der Waals surface area (Å²) in [4.78, 5) is 13.9. The van der Waals surface area contributed by atoms with Crippen molar-refractivity contribution in [3.8, 4) is 0 Å². The number of hydrogen-bond acceptors (Lipinski definition) is 3. The first kappa shape index (κ1) is 18.8. The zero-order chi connectivity index (χ0) is 17.4. The summed E-state index contributed by atoms with van der Waals surface area (Å²) in [6.45, 7) is 5.18. The Morgan fingerprint density at radius 2 is 2.08 bits per heavy atom. The van der Waals surface area contributed by atoms with Crippen LogP contribution in [0.5, 0.6) is 0 Å². The Labute approximate surface area is 145 Å². The molecule has 4 heteroatoms. The van der Waals surface area contributed by atoms with E-state index in [1.807, 2.05) is 11.0 Å². The van der Waals surface area contributed by atoms with Gasteiger partial charge in [-0.1, -0.05) is 11.6 Å². The monoisotopic (exact) mass is 333 g/mol. The molecule has 2 aliphatic carbocycles. The van der Waals surface area contributed by atoms with Gasteiger partial charge in [-0.15, -0.1) is 0 Å². The molecule has 0 atom stereocenters. The fraction of sp³-hybridized carbons (Fsp3) is 0.650. The van der Waals surface area contributed by atoms with Crippen molar-refractivity contribution in [2.24, 2.45) is 0 Å². The largest absolute Gasteiger partial charge is 0.501 e. The van der Waals surface area contributed by atoms with Crippen LogP contribution in [0.1, 0.15) is 58.8 Å². The summed E-state index contributed by atoms with van der Waals surface area (Å²) in [6.07, 6.45) is 13.6. The maximum absolute atomic E-state index is 11.9. The Balaban J connectivity index is 2.09.